The molecule has 0 radical (unpaired) electrons. The lowest BCUT2D eigenvalue weighted by Gasteiger charge is -2.29. The predicted octanol–water partition coefficient (Wildman–Crippen LogP) is 4.21. The first kappa shape index (κ1) is 13.8. The summed E-state index contributed by atoms with van der Waals surface area (Å²) < 4.78 is 13.3. The van der Waals surface area contributed by atoms with Crippen molar-refractivity contribution >= 4 is 11.6 Å². The Hall–Kier alpha value is -0.600. The van der Waals surface area contributed by atoms with E-state index < -0.39 is 5.60 Å². The van der Waals surface area contributed by atoms with Gasteiger partial charge in [-0.2, -0.15) is 0 Å². The third kappa shape index (κ3) is 2.70. The molecule has 1 aromatic rings. The molecule has 1 aliphatic carbocycles. The van der Waals surface area contributed by atoms with Gasteiger partial charge in [0.2, 0.25) is 0 Å². The van der Waals surface area contributed by atoms with Gasteiger partial charge in [-0.3, -0.25) is 0 Å². The minimum atomic E-state index is -0.777. The highest BCUT2D eigenvalue weighted by Crippen LogP contribution is 2.49. The van der Waals surface area contributed by atoms with Crippen molar-refractivity contribution in [3.05, 3.63) is 34.6 Å². The van der Waals surface area contributed by atoms with Gasteiger partial charge in [-0.05, 0) is 47.9 Å². The second kappa shape index (κ2) is 4.50. The summed E-state index contributed by atoms with van der Waals surface area (Å²) in [5, 5.41) is 11.3. The minimum absolute atomic E-state index is 0.133. The summed E-state index contributed by atoms with van der Waals surface area (Å²) in [5.41, 5.74) is 0.0539. The largest absolute Gasteiger partial charge is 0.389 e. The number of hydrogen-bond acceptors (Lipinski definition) is 1. The van der Waals surface area contributed by atoms with E-state index in [2.05, 4.69) is 20.8 Å². The molecule has 1 fully saturated rings. The van der Waals surface area contributed by atoms with Crippen LogP contribution in [-0.2, 0) is 6.42 Å². The van der Waals surface area contributed by atoms with Gasteiger partial charge >= 0.3 is 0 Å². The molecule has 0 heterocycles. The molecule has 0 amide bonds. The molecule has 1 aromatic carbocycles. The first-order chi connectivity index (χ1) is 8.22. The van der Waals surface area contributed by atoms with E-state index in [0.29, 0.717) is 17.0 Å². The molecule has 2 rings (SSSR count). The van der Waals surface area contributed by atoms with Crippen molar-refractivity contribution in [1.82, 2.24) is 0 Å². The van der Waals surface area contributed by atoms with Gasteiger partial charge in [0.1, 0.15) is 5.82 Å². The highest BCUT2D eigenvalue weighted by atomic mass is 35.5. The molecule has 0 bridgehead atoms. The molecule has 0 aliphatic heterocycles. The summed E-state index contributed by atoms with van der Waals surface area (Å²) in [6.07, 6.45) is 2.14. The summed E-state index contributed by atoms with van der Waals surface area (Å²) in [5.74, 6) is -0.102. The Morgan fingerprint density at radius 1 is 1.44 bits per heavy atom. The second-order valence-corrected chi connectivity index (χ2v) is 6.87. The molecule has 1 nitrogen and oxygen atoms in total. The van der Waals surface area contributed by atoms with Crippen LogP contribution in [0.2, 0.25) is 5.02 Å². The Labute approximate surface area is 113 Å². The number of hydrogen-bond donors (Lipinski definition) is 1. The van der Waals surface area contributed by atoms with Crippen LogP contribution in [-0.4, -0.2) is 10.7 Å². The van der Waals surface area contributed by atoms with Crippen molar-refractivity contribution in [1.29, 1.82) is 0 Å². The molecule has 0 spiro atoms. The van der Waals surface area contributed by atoms with Gasteiger partial charge in [-0.1, -0.05) is 32.4 Å². The fourth-order valence-electron chi connectivity index (χ4n) is 3.34. The van der Waals surface area contributed by atoms with Crippen LogP contribution < -0.4 is 0 Å². The summed E-state index contributed by atoms with van der Waals surface area (Å²) in [4.78, 5) is 0. The van der Waals surface area contributed by atoms with Gasteiger partial charge < -0.3 is 5.11 Å². The zero-order valence-corrected chi connectivity index (χ0v) is 11.9. The molecule has 0 aromatic heterocycles. The molecule has 1 saturated carbocycles. The van der Waals surface area contributed by atoms with Crippen molar-refractivity contribution in [3.8, 4) is 0 Å². The lowest BCUT2D eigenvalue weighted by Crippen LogP contribution is -2.34. The third-order valence-corrected chi connectivity index (χ3v) is 4.43. The molecule has 3 heteroatoms. The van der Waals surface area contributed by atoms with Crippen LogP contribution in [0.5, 0.6) is 0 Å². The monoisotopic (exact) mass is 270 g/mol. The van der Waals surface area contributed by atoms with Crippen molar-refractivity contribution < 1.29 is 9.50 Å². The van der Waals surface area contributed by atoms with Crippen LogP contribution in [0.1, 0.15) is 39.2 Å². The molecule has 1 aliphatic rings. The lowest BCUT2D eigenvalue weighted by molar-refractivity contribution is 0.00442. The van der Waals surface area contributed by atoms with Gasteiger partial charge in [-0.25, -0.2) is 4.39 Å². The maximum atomic E-state index is 13.3. The van der Waals surface area contributed by atoms with E-state index in [1.165, 1.54) is 12.1 Å². The number of halogens is 2. The minimum Gasteiger partial charge on any atom is -0.389 e. The van der Waals surface area contributed by atoms with E-state index in [1.54, 1.807) is 6.07 Å². The average Bonchev–Trinajstić information content (AvgIpc) is 2.41. The van der Waals surface area contributed by atoms with Crippen LogP contribution in [0, 0.1) is 17.2 Å². The molecular weight excluding hydrogens is 251 g/mol. The summed E-state index contributed by atoms with van der Waals surface area (Å²) in [7, 11) is 0. The van der Waals surface area contributed by atoms with Gasteiger partial charge in [-0.15, -0.1) is 0 Å². The summed E-state index contributed by atoms with van der Waals surface area (Å²) in [6.45, 7) is 6.38. The topological polar surface area (TPSA) is 20.2 Å². The SMILES string of the molecule is CC1CC(C)(C)CC1(O)Cc1cc(F)ccc1Cl. The Morgan fingerprint density at radius 3 is 2.67 bits per heavy atom. The highest BCUT2D eigenvalue weighted by molar-refractivity contribution is 6.31. The highest BCUT2D eigenvalue weighted by Gasteiger charge is 2.47. The zero-order valence-electron chi connectivity index (χ0n) is 11.1. The fourth-order valence-corrected chi connectivity index (χ4v) is 3.52. The Bertz CT molecular complexity index is 458. The standard InChI is InChI=1S/C15H20ClFO/c1-10-7-14(2,3)9-15(10,18)8-11-6-12(17)4-5-13(11)16/h4-6,10,18H,7-9H2,1-3H3. The third-order valence-electron chi connectivity index (χ3n) is 4.07. The van der Waals surface area contributed by atoms with Crippen LogP contribution in [0.15, 0.2) is 18.2 Å². The van der Waals surface area contributed by atoms with E-state index in [4.69, 9.17) is 11.6 Å². The normalized spacial score (nSPS) is 30.7. The predicted molar refractivity (Wildman–Crippen MR) is 72.2 cm³/mol. The van der Waals surface area contributed by atoms with Crippen molar-refractivity contribution in [3.63, 3.8) is 0 Å². The molecule has 100 valence electrons. The van der Waals surface area contributed by atoms with Crippen LogP contribution in [0.4, 0.5) is 4.39 Å². The van der Waals surface area contributed by atoms with Crippen molar-refractivity contribution in [2.75, 3.05) is 0 Å². The van der Waals surface area contributed by atoms with Crippen molar-refractivity contribution in [2.45, 2.75) is 45.6 Å². The number of aliphatic hydroxyl groups is 1. The number of rotatable bonds is 2. The summed E-state index contributed by atoms with van der Waals surface area (Å²) >= 11 is 6.08. The van der Waals surface area contributed by atoms with E-state index in [9.17, 15) is 9.50 Å². The molecule has 2 atom stereocenters. The van der Waals surface area contributed by atoms with Crippen molar-refractivity contribution in [2.24, 2.45) is 11.3 Å². The Balaban J connectivity index is 2.25. The smallest absolute Gasteiger partial charge is 0.123 e. The van der Waals surface area contributed by atoms with Crippen LogP contribution in [0.25, 0.3) is 0 Å². The summed E-state index contributed by atoms with van der Waals surface area (Å²) in [6, 6.07) is 4.33. The first-order valence-electron chi connectivity index (χ1n) is 6.38. The molecular formula is C15H20ClFO. The number of benzene rings is 1. The van der Waals surface area contributed by atoms with Gasteiger partial charge in [0, 0.05) is 11.4 Å². The van der Waals surface area contributed by atoms with Crippen LogP contribution in [0.3, 0.4) is 0 Å². The molecule has 2 unspecified atom stereocenters. The first-order valence-corrected chi connectivity index (χ1v) is 6.76. The van der Waals surface area contributed by atoms with E-state index >= 15 is 0 Å². The second-order valence-electron chi connectivity index (χ2n) is 6.46. The van der Waals surface area contributed by atoms with Gasteiger partial charge in [0.05, 0.1) is 5.60 Å². The fraction of sp³-hybridized carbons (Fsp3) is 0.600. The molecule has 0 saturated heterocycles. The van der Waals surface area contributed by atoms with E-state index in [-0.39, 0.29) is 17.2 Å². The maximum Gasteiger partial charge on any atom is 0.123 e. The lowest BCUT2D eigenvalue weighted by atomic mass is 9.84. The van der Waals surface area contributed by atoms with Gasteiger partial charge in [0.15, 0.2) is 0 Å². The van der Waals surface area contributed by atoms with E-state index in [0.717, 1.165) is 12.8 Å². The molecule has 18 heavy (non-hydrogen) atoms. The van der Waals surface area contributed by atoms with E-state index in [1.807, 2.05) is 0 Å². The quantitative estimate of drug-likeness (QED) is 0.854. The average molecular weight is 271 g/mol. The Kier molecular flexibility index (Phi) is 3.46. The maximum absolute atomic E-state index is 13.3. The van der Waals surface area contributed by atoms with Gasteiger partial charge in [0.25, 0.3) is 0 Å². The zero-order chi connectivity index (χ0) is 13.6. The Morgan fingerprint density at radius 2 is 2.11 bits per heavy atom. The molecule has 1 N–H and O–H groups in total. The van der Waals surface area contributed by atoms with Crippen LogP contribution >= 0.6 is 11.6 Å².